The van der Waals surface area contributed by atoms with Crippen molar-refractivity contribution in [2.75, 3.05) is 5.75 Å². The van der Waals surface area contributed by atoms with Gasteiger partial charge in [-0.1, -0.05) is 0 Å². The van der Waals surface area contributed by atoms with Crippen molar-refractivity contribution < 1.29 is 19.2 Å². The molecular formula is C7H7NO4S. The van der Waals surface area contributed by atoms with Crippen LogP contribution in [-0.4, -0.2) is 37.6 Å². The van der Waals surface area contributed by atoms with E-state index in [2.05, 4.69) is 0 Å². The molecule has 2 aliphatic heterocycles. The Bertz CT molecular complexity index is 314. The Morgan fingerprint density at radius 1 is 1.77 bits per heavy atom. The lowest BCUT2D eigenvalue weighted by Crippen LogP contribution is -2.59. The van der Waals surface area contributed by atoms with Crippen molar-refractivity contribution >= 4 is 23.1 Å². The predicted molar refractivity (Wildman–Crippen MR) is 44.0 cm³/mol. The van der Waals surface area contributed by atoms with Crippen LogP contribution in [0.2, 0.25) is 0 Å². The van der Waals surface area contributed by atoms with Crippen molar-refractivity contribution in [3.8, 4) is 0 Å². The number of carboxylic acids is 1. The molecule has 0 radical (unpaired) electrons. The van der Waals surface area contributed by atoms with E-state index in [4.69, 9.17) is 5.11 Å². The Kier molecular flexibility index (Phi) is 1.81. The first-order valence-corrected chi connectivity index (χ1v) is 5.12. The highest BCUT2D eigenvalue weighted by Crippen LogP contribution is 2.32. The van der Waals surface area contributed by atoms with Crippen LogP contribution in [0.5, 0.6) is 0 Å². The first-order valence-electron chi connectivity index (χ1n) is 3.74. The van der Waals surface area contributed by atoms with Gasteiger partial charge in [0, 0.05) is 0 Å². The fraction of sp³-hybridized carbons (Fsp3) is 0.429. The summed E-state index contributed by atoms with van der Waals surface area (Å²) in [7, 11) is 0. The lowest BCUT2D eigenvalue weighted by atomic mass is 10.1. The second kappa shape index (κ2) is 2.74. The molecule has 6 heteroatoms. The summed E-state index contributed by atoms with van der Waals surface area (Å²) < 4.78 is 11.2. The van der Waals surface area contributed by atoms with Crippen LogP contribution in [0.1, 0.15) is 6.42 Å². The predicted octanol–water partition coefficient (Wildman–Crippen LogP) is -0.724. The smallest absolute Gasteiger partial charge is 0.352 e. The molecule has 2 aliphatic rings. The van der Waals surface area contributed by atoms with Gasteiger partial charge in [-0.2, -0.15) is 0 Å². The fourth-order valence-corrected chi connectivity index (χ4v) is 2.79. The van der Waals surface area contributed by atoms with E-state index in [0.717, 1.165) is 4.90 Å². The molecular weight excluding hydrogens is 194 g/mol. The number of hydrogen-bond donors (Lipinski definition) is 1. The van der Waals surface area contributed by atoms with E-state index in [9.17, 15) is 14.1 Å². The molecule has 5 nitrogen and oxygen atoms in total. The molecule has 1 amide bonds. The molecule has 0 saturated carbocycles. The van der Waals surface area contributed by atoms with E-state index >= 15 is 0 Å². The Hall–Kier alpha value is -1.01. The number of carbonyl (C=O) groups is 2. The maximum Gasteiger partial charge on any atom is 0.352 e. The van der Waals surface area contributed by atoms with Gasteiger partial charge >= 0.3 is 5.97 Å². The van der Waals surface area contributed by atoms with Gasteiger partial charge in [0.25, 0.3) is 0 Å². The molecule has 1 unspecified atom stereocenters. The molecule has 2 heterocycles. The zero-order valence-electron chi connectivity index (χ0n) is 6.60. The Labute approximate surface area is 77.2 Å². The third-order valence-electron chi connectivity index (χ3n) is 2.13. The molecule has 0 aromatic carbocycles. The fourth-order valence-electron chi connectivity index (χ4n) is 1.45. The van der Waals surface area contributed by atoms with Gasteiger partial charge in [-0.25, -0.2) is 4.79 Å². The van der Waals surface area contributed by atoms with Gasteiger partial charge in [-0.05, 0) is 17.3 Å². The minimum Gasteiger partial charge on any atom is -0.614 e. The third-order valence-corrected chi connectivity index (χ3v) is 3.61. The number of amides is 1. The number of fused-ring (bicyclic) bond motifs is 1. The van der Waals surface area contributed by atoms with E-state index in [0.29, 0.717) is 0 Å². The van der Waals surface area contributed by atoms with Crippen LogP contribution in [0.4, 0.5) is 0 Å². The van der Waals surface area contributed by atoms with Gasteiger partial charge in [-0.3, -0.25) is 9.69 Å². The SMILES string of the molecule is O=C(O)C1=CC[S+]([O-])[C@H]2CC(=O)N12. The molecule has 0 spiro atoms. The summed E-state index contributed by atoms with van der Waals surface area (Å²) >= 11 is -1.12. The van der Waals surface area contributed by atoms with E-state index in [1.807, 2.05) is 0 Å². The van der Waals surface area contributed by atoms with Gasteiger partial charge in [0.05, 0.1) is 6.42 Å². The maximum absolute atomic E-state index is 11.2. The Balaban J connectivity index is 2.29. The monoisotopic (exact) mass is 201 g/mol. The van der Waals surface area contributed by atoms with Crippen LogP contribution >= 0.6 is 0 Å². The van der Waals surface area contributed by atoms with Crippen LogP contribution < -0.4 is 0 Å². The van der Waals surface area contributed by atoms with Crippen molar-refractivity contribution in [3.63, 3.8) is 0 Å². The molecule has 1 fully saturated rings. The van der Waals surface area contributed by atoms with E-state index in [1.165, 1.54) is 6.08 Å². The summed E-state index contributed by atoms with van der Waals surface area (Å²) in [6.07, 6.45) is 1.54. The molecule has 70 valence electrons. The summed E-state index contributed by atoms with van der Waals surface area (Å²) in [6, 6.07) is 0. The Morgan fingerprint density at radius 2 is 2.46 bits per heavy atom. The van der Waals surface area contributed by atoms with Crippen LogP contribution in [-0.2, 0) is 20.8 Å². The molecule has 0 bridgehead atoms. The topological polar surface area (TPSA) is 80.7 Å². The molecule has 13 heavy (non-hydrogen) atoms. The van der Waals surface area contributed by atoms with Crippen molar-refractivity contribution in [1.82, 2.24) is 4.90 Å². The lowest BCUT2D eigenvalue weighted by molar-refractivity contribution is -0.146. The van der Waals surface area contributed by atoms with Gasteiger partial charge in [0.2, 0.25) is 11.3 Å². The zero-order valence-corrected chi connectivity index (χ0v) is 7.41. The number of hydrogen-bond acceptors (Lipinski definition) is 3. The van der Waals surface area contributed by atoms with Gasteiger partial charge in [0.15, 0.2) is 0 Å². The molecule has 1 saturated heterocycles. The summed E-state index contributed by atoms with van der Waals surface area (Å²) in [5.41, 5.74) is -0.0270. The summed E-state index contributed by atoms with van der Waals surface area (Å²) in [4.78, 5) is 22.8. The standard InChI is InChI=1S/C7H7NO4S/c9-5-3-6-8(5)4(7(10)11)1-2-13(6)12/h1,6H,2-3H2,(H,10,11)/t6-,13?/m0/s1. The number of β-lactam (4-membered cyclic amide) rings is 1. The van der Waals surface area contributed by atoms with Crippen molar-refractivity contribution in [1.29, 1.82) is 0 Å². The second-order valence-corrected chi connectivity index (χ2v) is 4.50. The minimum atomic E-state index is -1.13. The van der Waals surface area contributed by atoms with Crippen molar-refractivity contribution in [2.45, 2.75) is 11.8 Å². The molecule has 2 atom stereocenters. The quantitative estimate of drug-likeness (QED) is 0.448. The summed E-state index contributed by atoms with van der Waals surface area (Å²) in [6.45, 7) is 0. The van der Waals surface area contributed by atoms with Crippen molar-refractivity contribution in [3.05, 3.63) is 11.8 Å². The number of carboxylic acid groups (broad SMARTS) is 1. The van der Waals surface area contributed by atoms with Crippen LogP contribution in [0, 0.1) is 0 Å². The molecule has 2 rings (SSSR count). The minimum absolute atomic E-state index is 0.0270. The van der Waals surface area contributed by atoms with Gasteiger partial charge in [-0.15, -0.1) is 0 Å². The normalized spacial score (nSPS) is 31.9. The Morgan fingerprint density at radius 3 is 3.00 bits per heavy atom. The van der Waals surface area contributed by atoms with Gasteiger partial charge in [0.1, 0.15) is 11.4 Å². The zero-order chi connectivity index (χ0) is 9.59. The van der Waals surface area contributed by atoms with Crippen molar-refractivity contribution in [2.24, 2.45) is 0 Å². The average molecular weight is 201 g/mol. The average Bonchev–Trinajstić information content (AvgIpc) is 2.05. The lowest BCUT2D eigenvalue weighted by Gasteiger charge is -2.42. The van der Waals surface area contributed by atoms with Crippen LogP contribution in [0.25, 0.3) is 0 Å². The maximum atomic E-state index is 11.2. The number of aliphatic carboxylic acids is 1. The second-order valence-electron chi connectivity index (χ2n) is 2.86. The highest BCUT2D eigenvalue weighted by Gasteiger charge is 2.50. The molecule has 0 aromatic rings. The number of carbonyl (C=O) groups excluding carboxylic acids is 1. The highest BCUT2D eigenvalue weighted by atomic mass is 32.2. The van der Waals surface area contributed by atoms with E-state index < -0.39 is 22.5 Å². The first-order chi connectivity index (χ1) is 6.11. The molecule has 0 aromatic heterocycles. The summed E-state index contributed by atoms with van der Waals surface area (Å²) in [5.74, 6) is -1.16. The number of nitrogens with zero attached hydrogens (tertiary/aromatic N) is 1. The van der Waals surface area contributed by atoms with E-state index in [1.54, 1.807) is 0 Å². The largest absolute Gasteiger partial charge is 0.614 e. The highest BCUT2D eigenvalue weighted by molar-refractivity contribution is 7.92. The third kappa shape index (κ3) is 1.13. The first kappa shape index (κ1) is 8.58. The molecule has 1 N–H and O–H groups in total. The molecule has 0 aliphatic carbocycles. The van der Waals surface area contributed by atoms with E-state index in [-0.39, 0.29) is 23.8 Å². The van der Waals surface area contributed by atoms with Crippen LogP contribution in [0.3, 0.4) is 0 Å². The number of rotatable bonds is 1. The summed E-state index contributed by atoms with van der Waals surface area (Å²) in [5, 5.41) is 8.30. The van der Waals surface area contributed by atoms with Crippen LogP contribution in [0.15, 0.2) is 11.8 Å². The van der Waals surface area contributed by atoms with Gasteiger partial charge < -0.3 is 9.66 Å².